The zero-order valence-corrected chi connectivity index (χ0v) is 14.1. The Kier molecular flexibility index (Phi) is 4.92. The van der Waals surface area contributed by atoms with E-state index in [9.17, 15) is 13.2 Å². The van der Waals surface area contributed by atoms with Gasteiger partial charge in [0, 0.05) is 12.6 Å². The summed E-state index contributed by atoms with van der Waals surface area (Å²) in [6, 6.07) is 5.56. The lowest BCUT2D eigenvalue weighted by molar-refractivity contribution is -0.143. The van der Waals surface area contributed by atoms with E-state index in [1.54, 1.807) is 0 Å². The maximum absolute atomic E-state index is 12.8. The van der Waals surface area contributed by atoms with Gasteiger partial charge in [-0.15, -0.1) is 0 Å². The minimum absolute atomic E-state index is 0.0673. The molecule has 0 radical (unpaired) electrons. The number of carboxylic acids is 1. The number of piperidine rings is 1. The van der Waals surface area contributed by atoms with Gasteiger partial charge in [-0.1, -0.05) is 18.2 Å². The number of sulfonamides is 1. The fourth-order valence-corrected chi connectivity index (χ4v) is 5.05. The molecular weight excluding hydrogens is 302 g/mol. The molecule has 0 aliphatic carbocycles. The topological polar surface area (TPSA) is 74.7 Å². The molecule has 1 aliphatic heterocycles. The fourth-order valence-electron chi connectivity index (χ4n) is 3.01. The Morgan fingerprint density at radius 3 is 2.41 bits per heavy atom. The molecule has 0 saturated carbocycles. The van der Waals surface area contributed by atoms with E-state index in [0.29, 0.717) is 12.8 Å². The van der Waals surface area contributed by atoms with Gasteiger partial charge in [0.1, 0.15) is 0 Å². The first-order valence-corrected chi connectivity index (χ1v) is 9.10. The lowest BCUT2D eigenvalue weighted by atomic mass is 9.96. The molecule has 2 atom stereocenters. The van der Waals surface area contributed by atoms with E-state index in [1.165, 1.54) is 4.31 Å². The maximum atomic E-state index is 12.8. The van der Waals surface area contributed by atoms with E-state index < -0.39 is 21.9 Å². The Labute approximate surface area is 132 Å². The van der Waals surface area contributed by atoms with E-state index in [4.69, 9.17) is 5.11 Å². The minimum atomic E-state index is -3.53. The zero-order chi connectivity index (χ0) is 16.5. The highest BCUT2D eigenvalue weighted by Crippen LogP contribution is 2.27. The highest BCUT2D eigenvalue weighted by Gasteiger charge is 2.36. The van der Waals surface area contributed by atoms with Crippen LogP contribution in [0.5, 0.6) is 0 Å². The van der Waals surface area contributed by atoms with Crippen LogP contribution >= 0.6 is 0 Å². The molecule has 1 heterocycles. The highest BCUT2D eigenvalue weighted by molar-refractivity contribution is 7.88. The van der Waals surface area contributed by atoms with E-state index in [1.807, 2.05) is 39.0 Å². The third kappa shape index (κ3) is 3.50. The third-order valence-electron chi connectivity index (χ3n) is 4.50. The number of carboxylic acid groups (broad SMARTS) is 1. The molecule has 1 N–H and O–H groups in total. The first-order chi connectivity index (χ1) is 10.2. The van der Waals surface area contributed by atoms with Crippen molar-refractivity contribution in [3.63, 3.8) is 0 Å². The van der Waals surface area contributed by atoms with Crippen molar-refractivity contribution in [2.75, 3.05) is 6.54 Å². The molecule has 2 unspecified atom stereocenters. The van der Waals surface area contributed by atoms with Crippen molar-refractivity contribution in [3.8, 4) is 0 Å². The first kappa shape index (κ1) is 17.0. The number of aryl methyl sites for hydroxylation is 2. The Morgan fingerprint density at radius 1 is 1.27 bits per heavy atom. The number of benzene rings is 1. The second kappa shape index (κ2) is 6.38. The normalized spacial score (nSPS) is 23.4. The quantitative estimate of drug-likeness (QED) is 0.922. The Morgan fingerprint density at radius 2 is 1.86 bits per heavy atom. The van der Waals surface area contributed by atoms with Crippen LogP contribution in [0.3, 0.4) is 0 Å². The van der Waals surface area contributed by atoms with Crippen molar-refractivity contribution >= 4 is 16.0 Å². The van der Waals surface area contributed by atoms with Crippen molar-refractivity contribution < 1.29 is 18.3 Å². The highest BCUT2D eigenvalue weighted by atomic mass is 32.2. The van der Waals surface area contributed by atoms with Gasteiger partial charge in [-0.3, -0.25) is 4.79 Å². The summed E-state index contributed by atoms with van der Waals surface area (Å²) in [6.45, 7) is 5.72. The summed E-state index contributed by atoms with van der Waals surface area (Å²) < 4.78 is 26.9. The molecule has 0 spiro atoms. The van der Waals surface area contributed by atoms with Gasteiger partial charge in [0.15, 0.2) is 0 Å². The number of hydrogen-bond donors (Lipinski definition) is 1. The zero-order valence-electron chi connectivity index (χ0n) is 13.2. The number of rotatable bonds is 4. The maximum Gasteiger partial charge on any atom is 0.307 e. The van der Waals surface area contributed by atoms with E-state index in [2.05, 4.69) is 0 Å². The van der Waals surface area contributed by atoms with E-state index in [-0.39, 0.29) is 18.3 Å². The smallest absolute Gasteiger partial charge is 0.307 e. The standard InChI is InChI=1S/C16H23NO4S/c1-11-5-4-6-12(2)15(11)10-22(20,21)17-9-14(16(18)19)8-7-13(17)3/h4-6,13-14H,7-10H2,1-3H3,(H,18,19). The molecule has 1 saturated heterocycles. The molecule has 0 amide bonds. The molecule has 6 heteroatoms. The van der Waals surface area contributed by atoms with Gasteiger partial charge in [0.25, 0.3) is 0 Å². The summed E-state index contributed by atoms with van der Waals surface area (Å²) in [5.74, 6) is -1.59. The van der Waals surface area contributed by atoms with Gasteiger partial charge in [-0.2, -0.15) is 4.31 Å². The first-order valence-electron chi connectivity index (χ1n) is 7.50. The lowest BCUT2D eigenvalue weighted by Crippen LogP contribution is -2.47. The summed E-state index contributed by atoms with van der Waals surface area (Å²) in [6.07, 6.45) is 1.12. The van der Waals surface area contributed by atoms with Crippen LogP contribution in [-0.4, -0.2) is 36.4 Å². The molecule has 1 fully saturated rings. The second-order valence-corrected chi connectivity index (χ2v) is 8.08. The van der Waals surface area contributed by atoms with Crippen LogP contribution in [0.15, 0.2) is 18.2 Å². The van der Waals surface area contributed by atoms with Crippen molar-refractivity contribution in [2.24, 2.45) is 5.92 Å². The Balaban J connectivity index is 2.27. The van der Waals surface area contributed by atoms with Crippen LogP contribution < -0.4 is 0 Å². The van der Waals surface area contributed by atoms with Crippen molar-refractivity contribution in [1.82, 2.24) is 4.31 Å². The lowest BCUT2D eigenvalue weighted by Gasteiger charge is -2.35. The summed E-state index contributed by atoms with van der Waals surface area (Å²) in [4.78, 5) is 11.2. The summed E-state index contributed by atoms with van der Waals surface area (Å²) in [5.41, 5.74) is 2.71. The van der Waals surface area contributed by atoms with Crippen LogP contribution in [0.25, 0.3) is 0 Å². The van der Waals surface area contributed by atoms with Gasteiger partial charge < -0.3 is 5.11 Å². The average molecular weight is 325 g/mol. The molecular formula is C16H23NO4S. The monoisotopic (exact) mass is 325 g/mol. The van der Waals surface area contributed by atoms with Crippen molar-refractivity contribution in [3.05, 3.63) is 34.9 Å². The molecule has 1 aromatic rings. The number of nitrogens with zero attached hydrogens (tertiary/aromatic N) is 1. The SMILES string of the molecule is Cc1cccc(C)c1CS(=O)(=O)N1CC(C(=O)O)CCC1C. The van der Waals surface area contributed by atoms with Gasteiger partial charge >= 0.3 is 5.97 Å². The Hall–Kier alpha value is -1.40. The molecule has 0 bridgehead atoms. The summed E-state index contributed by atoms with van der Waals surface area (Å²) >= 11 is 0. The predicted octanol–water partition coefficient (Wildman–Crippen LogP) is 2.32. The summed E-state index contributed by atoms with van der Waals surface area (Å²) in [5, 5.41) is 9.16. The second-order valence-electron chi connectivity index (χ2n) is 6.16. The van der Waals surface area contributed by atoms with E-state index >= 15 is 0 Å². The van der Waals surface area contributed by atoms with Gasteiger partial charge in [0.2, 0.25) is 10.0 Å². The van der Waals surface area contributed by atoms with Crippen molar-refractivity contribution in [1.29, 1.82) is 0 Å². The summed E-state index contributed by atoms with van der Waals surface area (Å²) in [7, 11) is -3.53. The molecule has 122 valence electrons. The van der Waals surface area contributed by atoms with Crippen LogP contribution in [0.4, 0.5) is 0 Å². The fraction of sp³-hybridized carbons (Fsp3) is 0.562. The van der Waals surface area contributed by atoms with Crippen LogP contribution in [0, 0.1) is 19.8 Å². The Bertz CT molecular complexity index is 648. The van der Waals surface area contributed by atoms with Gasteiger partial charge in [0.05, 0.1) is 11.7 Å². The van der Waals surface area contributed by atoms with E-state index in [0.717, 1.165) is 16.7 Å². The third-order valence-corrected chi connectivity index (χ3v) is 6.38. The average Bonchev–Trinajstić information content (AvgIpc) is 2.43. The number of hydrogen-bond acceptors (Lipinski definition) is 3. The van der Waals surface area contributed by atoms with Crippen LogP contribution in [0.1, 0.15) is 36.5 Å². The largest absolute Gasteiger partial charge is 0.481 e. The number of aliphatic carboxylic acids is 1. The molecule has 5 nitrogen and oxygen atoms in total. The minimum Gasteiger partial charge on any atom is -0.481 e. The molecule has 2 rings (SSSR count). The van der Waals surface area contributed by atoms with Crippen molar-refractivity contribution in [2.45, 2.75) is 45.4 Å². The molecule has 1 aromatic carbocycles. The molecule has 1 aliphatic rings. The van der Waals surface area contributed by atoms with Gasteiger partial charge in [-0.05, 0) is 50.3 Å². The van der Waals surface area contributed by atoms with Crippen LogP contribution in [-0.2, 0) is 20.6 Å². The predicted molar refractivity (Wildman–Crippen MR) is 85.1 cm³/mol. The molecule has 0 aromatic heterocycles. The van der Waals surface area contributed by atoms with Crippen LogP contribution in [0.2, 0.25) is 0 Å². The van der Waals surface area contributed by atoms with Gasteiger partial charge in [-0.25, -0.2) is 8.42 Å². The molecule has 22 heavy (non-hydrogen) atoms. The number of carbonyl (C=O) groups is 1.